The molecule has 1 aliphatic heterocycles. The predicted molar refractivity (Wildman–Crippen MR) is 108 cm³/mol. The lowest BCUT2D eigenvalue weighted by Crippen LogP contribution is -2.51. The molecule has 6 heteroatoms. The van der Waals surface area contributed by atoms with Gasteiger partial charge >= 0.3 is 0 Å². The molecule has 4 rings (SSSR count). The maximum atomic E-state index is 12.8. The van der Waals surface area contributed by atoms with E-state index in [2.05, 4.69) is 28.1 Å². The first-order valence-corrected chi connectivity index (χ1v) is 10.3. The highest BCUT2D eigenvalue weighted by atomic mass is 19.1. The van der Waals surface area contributed by atoms with E-state index in [1.165, 1.54) is 17.3 Å². The Morgan fingerprint density at radius 1 is 1.14 bits per heavy atom. The quantitative estimate of drug-likeness (QED) is 0.758. The number of alkyl halides is 1. The van der Waals surface area contributed by atoms with E-state index in [1.54, 1.807) is 12.1 Å². The number of hydrogen-bond donors (Lipinski definition) is 1. The van der Waals surface area contributed by atoms with Crippen LogP contribution in [0.25, 0.3) is 0 Å². The lowest BCUT2D eigenvalue weighted by Gasteiger charge is -2.41. The third kappa shape index (κ3) is 4.49. The molecule has 0 spiro atoms. The number of likely N-dealkylation sites (tertiary alicyclic amines) is 1. The second-order valence-corrected chi connectivity index (χ2v) is 7.91. The van der Waals surface area contributed by atoms with Gasteiger partial charge in [-0.1, -0.05) is 24.3 Å². The van der Waals surface area contributed by atoms with E-state index in [-0.39, 0.29) is 30.5 Å². The summed E-state index contributed by atoms with van der Waals surface area (Å²) in [6.07, 6.45) is 4.28. The molecule has 5 nitrogen and oxygen atoms in total. The molecule has 1 saturated heterocycles. The van der Waals surface area contributed by atoms with Gasteiger partial charge in [0.1, 0.15) is 13.3 Å². The summed E-state index contributed by atoms with van der Waals surface area (Å²) in [6.45, 7) is 1.02. The van der Waals surface area contributed by atoms with Gasteiger partial charge in [0.2, 0.25) is 5.88 Å². The standard InChI is InChI=1S/C23H27FN2O3/c24-9-12-29-22-6-5-19(15-25-22)23(28)16-7-10-26(11-8-16)20-13-17-3-1-2-4-18(17)14-21(20)27/h1-6,15-16,20-21,27H,7-14H2. The Labute approximate surface area is 170 Å². The number of fused-ring (bicyclic) bond motifs is 1. The average Bonchev–Trinajstić information content (AvgIpc) is 2.77. The van der Waals surface area contributed by atoms with Crippen LogP contribution in [-0.4, -0.2) is 59.3 Å². The van der Waals surface area contributed by atoms with Crippen molar-refractivity contribution in [2.24, 2.45) is 5.92 Å². The summed E-state index contributed by atoms with van der Waals surface area (Å²) in [7, 11) is 0. The summed E-state index contributed by atoms with van der Waals surface area (Å²) in [5.74, 6) is 0.406. The molecule has 2 heterocycles. The fourth-order valence-electron chi connectivity index (χ4n) is 4.53. The van der Waals surface area contributed by atoms with Crippen LogP contribution in [0.2, 0.25) is 0 Å². The summed E-state index contributed by atoms with van der Waals surface area (Å²) in [4.78, 5) is 19.3. The second-order valence-electron chi connectivity index (χ2n) is 7.91. The van der Waals surface area contributed by atoms with E-state index in [4.69, 9.17) is 4.74 Å². The minimum atomic E-state index is -0.567. The van der Waals surface area contributed by atoms with Crippen LogP contribution < -0.4 is 4.74 Å². The highest BCUT2D eigenvalue weighted by molar-refractivity contribution is 5.97. The van der Waals surface area contributed by atoms with Crippen LogP contribution in [0.1, 0.15) is 34.3 Å². The molecule has 0 radical (unpaired) electrons. The van der Waals surface area contributed by atoms with Crippen molar-refractivity contribution in [1.82, 2.24) is 9.88 Å². The number of aliphatic hydroxyl groups excluding tert-OH is 1. The molecule has 154 valence electrons. The van der Waals surface area contributed by atoms with Crippen molar-refractivity contribution in [1.29, 1.82) is 0 Å². The van der Waals surface area contributed by atoms with Gasteiger partial charge in [0, 0.05) is 36.2 Å². The maximum absolute atomic E-state index is 12.8. The van der Waals surface area contributed by atoms with Gasteiger partial charge in [-0.3, -0.25) is 9.69 Å². The van der Waals surface area contributed by atoms with Crippen molar-refractivity contribution in [3.05, 3.63) is 59.3 Å². The summed E-state index contributed by atoms with van der Waals surface area (Å²) in [6, 6.07) is 11.8. The van der Waals surface area contributed by atoms with Crippen LogP contribution in [0.5, 0.6) is 5.88 Å². The Bertz CT molecular complexity index is 834. The number of rotatable bonds is 6. The fourth-order valence-corrected chi connectivity index (χ4v) is 4.53. The molecule has 0 saturated carbocycles. The zero-order valence-corrected chi connectivity index (χ0v) is 16.5. The van der Waals surface area contributed by atoms with E-state index >= 15 is 0 Å². The molecule has 0 amide bonds. The van der Waals surface area contributed by atoms with Crippen LogP contribution in [0, 0.1) is 5.92 Å². The van der Waals surface area contributed by atoms with Crippen LogP contribution in [0.3, 0.4) is 0 Å². The van der Waals surface area contributed by atoms with Crippen LogP contribution in [-0.2, 0) is 12.8 Å². The third-order valence-corrected chi connectivity index (χ3v) is 6.14. The molecule has 2 aromatic rings. The number of aromatic nitrogens is 1. The molecule has 29 heavy (non-hydrogen) atoms. The number of carbonyl (C=O) groups excluding carboxylic acids is 1. The number of ketones is 1. The molecule has 1 aliphatic carbocycles. The Morgan fingerprint density at radius 3 is 2.52 bits per heavy atom. The molecule has 2 unspecified atom stereocenters. The van der Waals surface area contributed by atoms with Gasteiger partial charge in [-0.05, 0) is 49.5 Å². The number of benzene rings is 1. The van der Waals surface area contributed by atoms with Gasteiger partial charge in [-0.15, -0.1) is 0 Å². The third-order valence-electron chi connectivity index (χ3n) is 6.14. The largest absolute Gasteiger partial charge is 0.475 e. The summed E-state index contributed by atoms with van der Waals surface area (Å²) in [5, 5.41) is 10.7. The molecular formula is C23H27FN2O3. The van der Waals surface area contributed by atoms with Crippen molar-refractivity contribution >= 4 is 5.78 Å². The van der Waals surface area contributed by atoms with Crippen LogP contribution in [0.15, 0.2) is 42.6 Å². The molecule has 1 fully saturated rings. The summed E-state index contributed by atoms with van der Waals surface area (Å²) < 4.78 is 17.3. The first kappa shape index (κ1) is 20.0. The molecule has 2 aliphatic rings. The van der Waals surface area contributed by atoms with Crippen molar-refractivity contribution in [2.75, 3.05) is 26.4 Å². The SMILES string of the molecule is O=C(c1ccc(OCCF)nc1)C1CCN(C2Cc3ccccc3CC2O)CC1. The van der Waals surface area contributed by atoms with Crippen molar-refractivity contribution in [3.63, 3.8) is 0 Å². The van der Waals surface area contributed by atoms with Gasteiger partial charge in [-0.25, -0.2) is 9.37 Å². The first-order chi connectivity index (χ1) is 14.2. The number of carbonyl (C=O) groups is 1. The van der Waals surface area contributed by atoms with E-state index in [1.807, 2.05) is 6.07 Å². The lowest BCUT2D eigenvalue weighted by molar-refractivity contribution is 0.0239. The van der Waals surface area contributed by atoms with Crippen LogP contribution in [0.4, 0.5) is 4.39 Å². The molecule has 1 aromatic carbocycles. The first-order valence-electron chi connectivity index (χ1n) is 10.3. The lowest BCUT2D eigenvalue weighted by atomic mass is 9.83. The zero-order valence-electron chi connectivity index (χ0n) is 16.5. The zero-order chi connectivity index (χ0) is 20.2. The minimum Gasteiger partial charge on any atom is -0.475 e. The summed E-state index contributed by atoms with van der Waals surface area (Å²) >= 11 is 0. The number of nitrogens with zero attached hydrogens (tertiary/aromatic N) is 2. The van der Waals surface area contributed by atoms with Crippen molar-refractivity contribution in [2.45, 2.75) is 37.8 Å². The normalized spacial score (nSPS) is 22.8. The number of ether oxygens (including phenoxy) is 1. The minimum absolute atomic E-state index is 0.0290. The van der Waals surface area contributed by atoms with Gasteiger partial charge in [-0.2, -0.15) is 0 Å². The number of piperidine rings is 1. The molecule has 2 atom stereocenters. The number of pyridine rings is 1. The van der Waals surface area contributed by atoms with E-state index in [0.717, 1.165) is 32.4 Å². The van der Waals surface area contributed by atoms with Crippen molar-refractivity contribution < 1.29 is 19.0 Å². The van der Waals surface area contributed by atoms with Gasteiger partial charge < -0.3 is 9.84 Å². The smallest absolute Gasteiger partial charge is 0.213 e. The molecular weight excluding hydrogens is 371 g/mol. The Balaban J connectivity index is 1.34. The number of halogens is 1. The monoisotopic (exact) mass is 398 g/mol. The summed E-state index contributed by atoms with van der Waals surface area (Å²) in [5.41, 5.74) is 3.14. The predicted octanol–water partition coefficient (Wildman–Crippen LogP) is 2.85. The average molecular weight is 398 g/mol. The number of hydrogen-bond acceptors (Lipinski definition) is 5. The highest BCUT2D eigenvalue weighted by Gasteiger charge is 2.35. The second kappa shape index (κ2) is 9.01. The number of Topliss-reactive ketones (excluding diaryl/α,β-unsaturated/α-hetero) is 1. The fraction of sp³-hybridized carbons (Fsp3) is 0.478. The Morgan fingerprint density at radius 2 is 1.86 bits per heavy atom. The van der Waals surface area contributed by atoms with Gasteiger partial charge in [0.25, 0.3) is 0 Å². The molecule has 1 aromatic heterocycles. The van der Waals surface area contributed by atoms with Gasteiger partial charge in [0.15, 0.2) is 5.78 Å². The van der Waals surface area contributed by atoms with E-state index in [0.29, 0.717) is 17.9 Å². The van der Waals surface area contributed by atoms with Crippen LogP contribution >= 0.6 is 0 Å². The number of aliphatic hydroxyl groups is 1. The molecule has 0 bridgehead atoms. The topological polar surface area (TPSA) is 62.7 Å². The maximum Gasteiger partial charge on any atom is 0.213 e. The van der Waals surface area contributed by atoms with Crippen molar-refractivity contribution in [3.8, 4) is 5.88 Å². The Hall–Kier alpha value is -2.31. The Kier molecular flexibility index (Phi) is 6.21. The van der Waals surface area contributed by atoms with E-state index < -0.39 is 6.67 Å². The highest BCUT2D eigenvalue weighted by Crippen LogP contribution is 2.29. The van der Waals surface area contributed by atoms with Gasteiger partial charge in [0.05, 0.1) is 6.10 Å². The molecule has 1 N–H and O–H groups in total. The van der Waals surface area contributed by atoms with E-state index in [9.17, 15) is 14.3 Å².